The van der Waals surface area contributed by atoms with Crippen molar-refractivity contribution in [3.63, 3.8) is 0 Å². The van der Waals surface area contributed by atoms with Crippen molar-refractivity contribution in [3.8, 4) is 5.75 Å². The number of hydrogen-bond donors (Lipinski definition) is 1. The predicted octanol–water partition coefficient (Wildman–Crippen LogP) is 4.80. The minimum absolute atomic E-state index is 0.0894. The van der Waals surface area contributed by atoms with Gasteiger partial charge in [0.2, 0.25) is 0 Å². The van der Waals surface area contributed by atoms with E-state index in [1.165, 1.54) is 10.6 Å². The Labute approximate surface area is 221 Å². The number of alkyl halides is 3. The molecule has 12 heteroatoms. The molecule has 1 aromatic carbocycles. The van der Waals surface area contributed by atoms with Crippen LogP contribution in [0.15, 0.2) is 41.3 Å². The number of fused-ring (bicyclic) bond motifs is 1. The van der Waals surface area contributed by atoms with Crippen LogP contribution in [0, 0.1) is 0 Å². The van der Waals surface area contributed by atoms with Crippen molar-refractivity contribution in [1.82, 2.24) is 9.55 Å². The van der Waals surface area contributed by atoms with Gasteiger partial charge in [0.1, 0.15) is 11.3 Å². The number of aryl methyl sites for hydroxylation is 1. The van der Waals surface area contributed by atoms with Crippen LogP contribution < -0.4 is 15.2 Å². The summed E-state index contributed by atoms with van der Waals surface area (Å²) in [5.41, 5.74) is -0.453. The molecule has 8 nitrogen and oxygen atoms in total. The average molecular weight is 554 g/mol. The van der Waals surface area contributed by atoms with E-state index in [2.05, 4.69) is 9.72 Å². The van der Waals surface area contributed by atoms with Gasteiger partial charge in [0.25, 0.3) is 5.56 Å². The van der Waals surface area contributed by atoms with E-state index < -0.39 is 35.2 Å². The number of rotatable bonds is 6. The lowest BCUT2D eigenvalue weighted by molar-refractivity contribution is -0.274. The molecule has 38 heavy (non-hydrogen) atoms. The summed E-state index contributed by atoms with van der Waals surface area (Å²) in [7, 11) is 1.57. The van der Waals surface area contributed by atoms with Crippen LogP contribution >= 0.6 is 11.6 Å². The van der Waals surface area contributed by atoms with Crippen LogP contribution in [0.1, 0.15) is 48.7 Å². The molecule has 1 aliphatic rings. The van der Waals surface area contributed by atoms with Crippen LogP contribution in [0.3, 0.4) is 0 Å². The second-order valence-electron chi connectivity index (χ2n) is 9.25. The van der Waals surface area contributed by atoms with E-state index in [0.29, 0.717) is 27.3 Å². The second kappa shape index (κ2) is 10.5. The van der Waals surface area contributed by atoms with Gasteiger partial charge < -0.3 is 24.0 Å². The summed E-state index contributed by atoms with van der Waals surface area (Å²) in [5, 5.41) is 12.5. The molecule has 1 fully saturated rings. The van der Waals surface area contributed by atoms with Gasteiger partial charge in [-0.2, -0.15) is 0 Å². The highest BCUT2D eigenvalue weighted by Gasteiger charge is 2.40. The van der Waals surface area contributed by atoms with Gasteiger partial charge in [-0.3, -0.25) is 9.78 Å². The number of piperidine rings is 1. The lowest BCUT2D eigenvalue weighted by atomic mass is 9.78. The molecular formula is C26H27ClF3N3O5. The topological polar surface area (TPSA) is 93.9 Å². The van der Waals surface area contributed by atoms with Gasteiger partial charge in [0.15, 0.2) is 0 Å². The number of aliphatic hydroxyl groups is 1. The molecule has 0 amide bonds. The molecule has 0 radical (unpaired) electrons. The van der Waals surface area contributed by atoms with Crippen LogP contribution in [-0.4, -0.2) is 52.3 Å². The number of carbonyl (C=O) groups excluding carboxylic acids is 1. The Hall–Kier alpha value is -3.31. The summed E-state index contributed by atoms with van der Waals surface area (Å²) in [4.78, 5) is 32.1. The first-order chi connectivity index (χ1) is 17.8. The van der Waals surface area contributed by atoms with E-state index in [0.717, 1.165) is 12.3 Å². The molecule has 1 N–H and O–H groups in total. The Balaban J connectivity index is 1.65. The maximum absolute atomic E-state index is 13.2. The average Bonchev–Trinajstić information content (AvgIpc) is 2.86. The Bertz CT molecular complexity index is 1400. The van der Waals surface area contributed by atoms with Crippen molar-refractivity contribution >= 4 is 34.2 Å². The highest BCUT2D eigenvalue weighted by Crippen LogP contribution is 2.40. The van der Waals surface area contributed by atoms with Crippen molar-refractivity contribution in [2.75, 3.05) is 24.6 Å². The van der Waals surface area contributed by atoms with Crippen LogP contribution in [-0.2, 0) is 11.8 Å². The summed E-state index contributed by atoms with van der Waals surface area (Å²) in [5.74, 6) is -1.70. The molecule has 1 saturated heterocycles. The lowest BCUT2D eigenvalue weighted by Gasteiger charge is -2.43. The highest BCUT2D eigenvalue weighted by molar-refractivity contribution is 6.31. The monoisotopic (exact) mass is 553 g/mol. The maximum atomic E-state index is 13.2. The summed E-state index contributed by atoms with van der Waals surface area (Å²) in [6, 6.07) is 7.60. The molecule has 0 aliphatic carbocycles. The second-order valence-corrected chi connectivity index (χ2v) is 9.69. The van der Waals surface area contributed by atoms with Gasteiger partial charge in [-0.25, -0.2) is 4.79 Å². The summed E-state index contributed by atoms with van der Waals surface area (Å²) in [6.45, 7) is 4.07. The number of esters is 1. The predicted molar refractivity (Wildman–Crippen MR) is 136 cm³/mol. The number of pyridine rings is 2. The fraction of sp³-hybridized carbons (Fsp3) is 0.423. The van der Waals surface area contributed by atoms with Crippen LogP contribution in [0.25, 0.3) is 10.9 Å². The molecule has 204 valence electrons. The van der Waals surface area contributed by atoms with Gasteiger partial charge in [-0.15, -0.1) is 13.2 Å². The zero-order valence-electron chi connectivity index (χ0n) is 21.0. The number of benzene rings is 1. The van der Waals surface area contributed by atoms with Crippen LogP contribution in [0.4, 0.5) is 18.9 Å². The Morgan fingerprint density at radius 1 is 1.24 bits per heavy atom. The molecule has 0 saturated carbocycles. The molecule has 0 bridgehead atoms. The Morgan fingerprint density at radius 3 is 2.50 bits per heavy atom. The summed E-state index contributed by atoms with van der Waals surface area (Å²) < 4.78 is 47.8. The zero-order chi connectivity index (χ0) is 27.8. The molecule has 1 aliphatic heterocycles. The zero-order valence-corrected chi connectivity index (χ0v) is 21.8. The van der Waals surface area contributed by atoms with Crippen LogP contribution in [0.2, 0.25) is 5.02 Å². The van der Waals surface area contributed by atoms with Crippen molar-refractivity contribution in [1.29, 1.82) is 0 Å². The molecule has 2 aromatic heterocycles. The standard InChI is InChI=1S/C26H27ClF3N3O5/c1-4-37-24(35)21-22(18-13-16(27)5-8-20(18)32(3)23(21)34)33-11-9-25(36,10-12-33)15(2)19-7-6-17(14-31-19)38-26(28,29)30/h5-8,13-15,36H,4,9-12H2,1-3H3/t15-/m1/s1. The highest BCUT2D eigenvalue weighted by atomic mass is 35.5. The molecule has 0 unspecified atom stereocenters. The summed E-state index contributed by atoms with van der Waals surface area (Å²) in [6.07, 6.45) is -3.36. The number of anilines is 1. The van der Waals surface area contributed by atoms with E-state index in [1.54, 1.807) is 39.1 Å². The van der Waals surface area contributed by atoms with E-state index in [4.69, 9.17) is 16.3 Å². The van der Waals surface area contributed by atoms with Crippen molar-refractivity contribution < 1.29 is 32.5 Å². The number of nitrogens with zero attached hydrogens (tertiary/aromatic N) is 3. The quantitative estimate of drug-likeness (QED) is 0.438. The van der Waals surface area contributed by atoms with Crippen molar-refractivity contribution in [3.05, 3.63) is 63.2 Å². The third-order valence-electron chi connectivity index (χ3n) is 7.00. The molecule has 3 aromatic rings. The van der Waals surface area contributed by atoms with Gasteiger partial charge >= 0.3 is 12.3 Å². The Kier molecular flexibility index (Phi) is 7.62. The maximum Gasteiger partial charge on any atom is 0.573 e. The third-order valence-corrected chi connectivity index (χ3v) is 7.23. The molecule has 4 rings (SSSR count). The fourth-order valence-electron chi connectivity index (χ4n) is 4.89. The minimum Gasteiger partial charge on any atom is -0.462 e. The lowest BCUT2D eigenvalue weighted by Crippen LogP contribution is -2.48. The fourth-order valence-corrected chi connectivity index (χ4v) is 5.06. The first-order valence-corrected chi connectivity index (χ1v) is 12.4. The molecule has 1 atom stereocenters. The third kappa shape index (κ3) is 5.44. The molecule has 0 spiro atoms. The van der Waals surface area contributed by atoms with Gasteiger partial charge in [0.05, 0.1) is 29.6 Å². The number of aromatic nitrogens is 2. The van der Waals surface area contributed by atoms with Crippen molar-refractivity contribution in [2.24, 2.45) is 7.05 Å². The first-order valence-electron chi connectivity index (χ1n) is 12.0. The van der Waals surface area contributed by atoms with Gasteiger partial charge in [0, 0.05) is 42.2 Å². The van der Waals surface area contributed by atoms with Crippen molar-refractivity contribution in [2.45, 2.75) is 44.6 Å². The van der Waals surface area contributed by atoms with Gasteiger partial charge in [-0.05, 0) is 50.1 Å². The number of ether oxygens (including phenoxy) is 2. The molecular weight excluding hydrogens is 527 g/mol. The number of carbonyl (C=O) groups is 1. The SMILES string of the molecule is CCOC(=O)c1c(N2CCC(O)([C@H](C)c3ccc(OC(F)(F)F)cn3)CC2)c2cc(Cl)ccc2n(C)c1=O. The first kappa shape index (κ1) is 27.7. The van der Waals surface area contributed by atoms with E-state index in [9.17, 15) is 27.9 Å². The largest absolute Gasteiger partial charge is 0.573 e. The van der Waals surface area contributed by atoms with E-state index >= 15 is 0 Å². The number of hydrogen-bond acceptors (Lipinski definition) is 7. The Morgan fingerprint density at radius 2 is 1.92 bits per heavy atom. The summed E-state index contributed by atoms with van der Waals surface area (Å²) >= 11 is 6.28. The van der Waals surface area contributed by atoms with Gasteiger partial charge in [-0.1, -0.05) is 18.5 Å². The smallest absolute Gasteiger partial charge is 0.462 e. The van der Waals surface area contributed by atoms with E-state index in [-0.39, 0.29) is 38.1 Å². The van der Waals surface area contributed by atoms with E-state index in [1.807, 2.05) is 4.90 Å². The number of halogens is 4. The normalized spacial score (nSPS) is 16.4. The van der Waals surface area contributed by atoms with Crippen LogP contribution in [0.5, 0.6) is 5.75 Å². The molecule has 3 heterocycles. The minimum atomic E-state index is -4.82.